The van der Waals surface area contributed by atoms with Crippen LogP contribution >= 0.6 is 11.3 Å². The molecular formula is C20H18F3N3O2S. The predicted octanol–water partition coefficient (Wildman–Crippen LogP) is 4.95. The normalized spacial score (nSPS) is 12.6. The van der Waals surface area contributed by atoms with Gasteiger partial charge in [-0.2, -0.15) is 18.3 Å². The van der Waals surface area contributed by atoms with Gasteiger partial charge in [0.15, 0.2) is 5.78 Å². The van der Waals surface area contributed by atoms with Gasteiger partial charge in [-0.1, -0.05) is 6.07 Å². The maximum absolute atomic E-state index is 13.0. The number of halogens is 3. The SMILES string of the molecule is CC(=O)c1ccc(C(=O)N[C@@H](C)c2cnn(-c3cccc(C(F)(F)F)c3)c2C)s1. The summed E-state index contributed by atoms with van der Waals surface area (Å²) < 4.78 is 40.3. The van der Waals surface area contributed by atoms with Crippen LogP contribution in [0.5, 0.6) is 0 Å². The van der Waals surface area contributed by atoms with Crippen molar-refractivity contribution in [2.75, 3.05) is 0 Å². The van der Waals surface area contributed by atoms with Crippen LogP contribution in [0.15, 0.2) is 42.6 Å². The number of aromatic nitrogens is 2. The van der Waals surface area contributed by atoms with E-state index in [-0.39, 0.29) is 17.4 Å². The molecule has 0 aliphatic heterocycles. The fourth-order valence-electron chi connectivity index (χ4n) is 2.92. The van der Waals surface area contributed by atoms with Gasteiger partial charge in [-0.15, -0.1) is 11.3 Å². The highest BCUT2D eigenvalue weighted by Crippen LogP contribution is 2.31. The molecular weight excluding hydrogens is 403 g/mol. The van der Waals surface area contributed by atoms with Crippen molar-refractivity contribution < 1.29 is 22.8 Å². The quantitative estimate of drug-likeness (QED) is 0.593. The van der Waals surface area contributed by atoms with E-state index in [1.54, 1.807) is 26.0 Å². The average Bonchev–Trinajstić information content (AvgIpc) is 3.28. The lowest BCUT2D eigenvalue weighted by molar-refractivity contribution is -0.137. The van der Waals surface area contributed by atoms with Crippen molar-refractivity contribution in [3.63, 3.8) is 0 Å². The molecule has 3 rings (SSSR count). The summed E-state index contributed by atoms with van der Waals surface area (Å²) in [4.78, 5) is 24.7. The van der Waals surface area contributed by atoms with Gasteiger partial charge in [0.25, 0.3) is 5.91 Å². The number of nitrogens with zero attached hydrogens (tertiary/aromatic N) is 2. The number of rotatable bonds is 5. The number of amides is 1. The second-order valence-electron chi connectivity index (χ2n) is 6.56. The van der Waals surface area contributed by atoms with Crippen LogP contribution < -0.4 is 5.32 Å². The molecule has 3 aromatic rings. The zero-order valence-electron chi connectivity index (χ0n) is 15.9. The molecule has 1 N–H and O–H groups in total. The van der Waals surface area contributed by atoms with Crippen LogP contribution in [0.1, 0.15) is 56.1 Å². The molecule has 2 aromatic heterocycles. The first kappa shape index (κ1) is 20.8. The van der Waals surface area contributed by atoms with Crippen LogP contribution in [0.25, 0.3) is 5.69 Å². The number of carbonyl (C=O) groups is 2. The molecule has 29 heavy (non-hydrogen) atoms. The van der Waals surface area contributed by atoms with Crippen molar-refractivity contribution in [2.24, 2.45) is 0 Å². The maximum Gasteiger partial charge on any atom is 0.416 e. The number of nitrogens with one attached hydrogen (secondary N) is 1. The minimum atomic E-state index is -4.44. The number of hydrogen-bond donors (Lipinski definition) is 1. The third-order valence-electron chi connectivity index (χ3n) is 4.46. The average molecular weight is 421 g/mol. The summed E-state index contributed by atoms with van der Waals surface area (Å²) in [6, 6.07) is 7.66. The number of alkyl halides is 3. The molecule has 1 amide bonds. The summed E-state index contributed by atoms with van der Waals surface area (Å²) in [5, 5.41) is 7.03. The van der Waals surface area contributed by atoms with Crippen LogP contribution in [0.4, 0.5) is 13.2 Å². The van der Waals surface area contributed by atoms with Crippen molar-refractivity contribution in [3.05, 3.63) is 69.2 Å². The Morgan fingerprint density at radius 2 is 1.86 bits per heavy atom. The van der Waals surface area contributed by atoms with Crippen LogP contribution in [0, 0.1) is 6.92 Å². The predicted molar refractivity (Wildman–Crippen MR) is 104 cm³/mol. The fourth-order valence-corrected chi connectivity index (χ4v) is 3.72. The Labute approximate surface area is 169 Å². The molecule has 5 nitrogen and oxygen atoms in total. The van der Waals surface area contributed by atoms with Crippen LogP contribution in [-0.4, -0.2) is 21.5 Å². The fraction of sp³-hybridized carbons (Fsp3) is 0.250. The number of thiophene rings is 1. The number of hydrogen-bond acceptors (Lipinski definition) is 4. The van der Waals surface area contributed by atoms with Gasteiger partial charge in [-0.25, -0.2) is 4.68 Å². The van der Waals surface area contributed by atoms with Crippen molar-refractivity contribution >= 4 is 23.0 Å². The first-order valence-electron chi connectivity index (χ1n) is 8.71. The summed E-state index contributed by atoms with van der Waals surface area (Å²) >= 11 is 1.11. The van der Waals surface area contributed by atoms with E-state index in [0.29, 0.717) is 21.0 Å². The van der Waals surface area contributed by atoms with Crippen molar-refractivity contribution in [2.45, 2.75) is 33.0 Å². The Bertz CT molecular complexity index is 1070. The van der Waals surface area contributed by atoms with Gasteiger partial charge in [0, 0.05) is 11.3 Å². The van der Waals surface area contributed by atoms with E-state index in [1.807, 2.05) is 0 Å². The van der Waals surface area contributed by atoms with Gasteiger partial charge in [0.1, 0.15) is 0 Å². The summed E-state index contributed by atoms with van der Waals surface area (Å²) in [5.74, 6) is -0.443. The Balaban J connectivity index is 1.81. The Morgan fingerprint density at radius 1 is 1.17 bits per heavy atom. The lowest BCUT2D eigenvalue weighted by atomic mass is 10.1. The highest BCUT2D eigenvalue weighted by atomic mass is 32.1. The lowest BCUT2D eigenvalue weighted by Gasteiger charge is -2.14. The number of ketones is 1. The van der Waals surface area contributed by atoms with Crippen LogP contribution in [0.3, 0.4) is 0 Å². The lowest BCUT2D eigenvalue weighted by Crippen LogP contribution is -2.26. The van der Waals surface area contributed by atoms with Crippen LogP contribution in [-0.2, 0) is 6.18 Å². The molecule has 0 aliphatic rings. The smallest absolute Gasteiger partial charge is 0.345 e. The van der Waals surface area contributed by atoms with Gasteiger partial charge >= 0.3 is 6.18 Å². The summed E-state index contributed by atoms with van der Waals surface area (Å²) in [7, 11) is 0. The van der Waals surface area contributed by atoms with E-state index in [1.165, 1.54) is 29.9 Å². The van der Waals surface area contributed by atoms with Crippen molar-refractivity contribution in [3.8, 4) is 5.69 Å². The standard InChI is InChI=1S/C20H18F3N3O2S/c1-11(25-19(28)18-8-7-17(29-18)13(3)27)16-10-24-26(12(16)2)15-6-4-5-14(9-15)20(21,22)23/h4-11H,1-3H3,(H,25,28)/t11-/m0/s1. The molecule has 2 heterocycles. The number of carbonyl (C=O) groups excluding carboxylic acids is 2. The Hall–Kier alpha value is -2.94. The third kappa shape index (κ3) is 4.40. The summed E-state index contributed by atoms with van der Waals surface area (Å²) in [6.45, 7) is 4.92. The van der Waals surface area contributed by atoms with E-state index in [9.17, 15) is 22.8 Å². The second kappa shape index (κ2) is 7.82. The van der Waals surface area contributed by atoms with E-state index >= 15 is 0 Å². The molecule has 0 saturated carbocycles. The highest BCUT2D eigenvalue weighted by molar-refractivity contribution is 7.15. The van der Waals surface area contributed by atoms with E-state index in [2.05, 4.69) is 10.4 Å². The molecule has 1 atom stereocenters. The molecule has 152 valence electrons. The molecule has 9 heteroatoms. The molecule has 0 unspecified atom stereocenters. The molecule has 1 aromatic carbocycles. The van der Waals surface area contributed by atoms with E-state index < -0.39 is 17.8 Å². The maximum atomic E-state index is 13.0. The zero-order chi connectivity index (χ0) is 21.3. The first-order valence-corrected chi connectivity index (χ1v) is 9.53. The Morgan fingerprint density at radius 3 is 2.48 bits per heavy atom. The van der Waals surface area contributed by atoms with Gasteiger partial charge in [0.05, 0.1) is 33.2 Å². The highest BCUT2D eigenvalue weighted by Gasteiger charge is 2.30. The second-order valence-corrected chi connectivity index (χ2v) is 7.64. The molecule has 0 radical (unpaired) electrons. The number of Topliss-reactive ketones (excluding diaryl/α,β-unsaturated/α-hetero) is 1. The van der Waals surface area contributed by atoms with Gasteiger partial charge in [-0.05, 0) is 51.1 Å². The topological polar surface area (TPSA) is 64.0 Å². The summed E-state index contributed by atoms with van der Waals surface area (Å²) in [6.07, 6.45) is -2.92. The summed E-state index contributed by atoms with van der Waals surface area (Å²) in [5.41, 5.74) is 0.824. The molecule has 0 saturated heterocycles. The number of benzene rings is 1. The molecule has 0 bridgehead atoms. The molecule has 0 spiro atoms. The monoisotopic (exact) mass is 421 g/mol. The third-order valence-corrected chi connectivity index (χ3v) is 5.64. The molecule has 0 fully saturated rings. The largest absolute Gasteiger partial charge is 0.416 e. The zero-order valence-corrected chi connectivity index (χ0v) is 16.7. The van der Waals surface area contributed by atoms with Crippen molar-refractivity contribution in [1.82, 2.24) is 15.1 Å². The van der Waals surface area contributed by atoms with Gasteiger partial charge in [0.2, 0.25) is 0 Å². The van der Waals surface area contributed by atoms with E-state index in [0.717, 1.165) is 23.5 Å². The first-order chi connectivity index (χ1) is 13.6. The molecule has 0 aliphatic carbocycles. The van der Waals surface area contributed by atoms with E-state index in [4.69, 9.17) is 0 Å². The minimum absolute atomic E-state index is 0.111. The van der Waals surface area contributed by atoms with Gasteiger partial charge < -0.3 is 5.32 Å². The van der Waals surface area contributed by atoms with Gasteiger partial charge in [-0.3, -0.25) is 9.59 Å². The van der Waals surface area contributed by atoms with Crippen LogP contribution in [0.2, 0.25) is 0 Å². The van der Waals surface area contributed by atoms with Crippen molar-refractivity contribution in [1.29, 1.82) is 0 Å². The Kier molecular flexibility index (Phi) is 5.61. The minimum Gasteiger partial charge on any atom is -0.345 e.